The predicted octanol–water partition coefficient (Wildman–Crippen LogP) is 3.32. The van der Waals surface area contributed by atoms with Gasteiger partial charge >= 0.3 is 5.97 Å². The molecule has 8 heteroatoms. The highest BCUT2D eigenvalue weighted by Gasteiger charge is 2.34. The first-order valence-corrected chi connectivity index (χ1v) is 11.6. The number of carbonyl (C=O) groups is 2. The molecule has 3 heterocycles. The number of rotatable bonds is 5. The summed E-state index contributed by atoms with van der Waals surface area (Å²) in [4.78, 5) is 34.1. The fourth-order valence-corrected chi connectivity index (χ4v) is 5.41. The molecule has 0 N–H and O–H groups in total. The zero-order chi connectivity index (χ0) is 21.1. The molecule has 1 aromatic carbocycles. The Morgan fingerprint density at radius 2 is 1.97 bits per heavy atom. The molecule has 30 heavy (non-hydrogen) atoms. The number of ether oxygens (including phenoxy) is 2. The lowest BCUT2D eigenvalue weighted by Gasteiger charge is -2.37. The van der Waals surface area contributed by atoms with Crippen LogP contribution in [0.5, 0.6) is 5.75 Å². The van der Waals surface area contributed by atoms with Crippen molar-refractivity contribution >= 4 is 38.6 Å². The topological polar surface area (TPSA) is 72.0 Å². The van der Waals surface area contributed by atoms with E-state index in [9.17, 15) is 9.59 Å². The number of thiazole rings is 1. The van der Waals surface area contributed by atoms with Gasteiger partial charge in [0, 0.05) is 32.1 Å². The van der Waals surface area contributed by atoms with Crippen LogP contribution in [0, 0.1) is 11.8 Å². The van der Waals surface area contributed by atoms with Crippen molar-refractivity contribution in [3.8, 4) is 5.75 Å². The summed E-state index contributed by atoms with van der Waals surface area (Å²) in [5.41, 5.74) is 0.979. The maximum absolute atomic E-state index is 13.1. The minimum Gasteiger partial charge on any atom is -0.497 e. The number of amides is 1. The molecule has 7 nitrogen and oxygen atoms in total. The van der Waals surface area contributed by atoms with Gasteiger partial charge in [0.2, 0.25) is 5.91 Å². The molecule has 2 aliphatic rings. The highest BCUT2D eigenvalue weighted by molar-refractivity contribution is 7.22. The molecule has 2 aliphatic heterocycles. The van der Waals surface area contributed by atoms with Crippen molar-refractivity contribution in [3.05, 3.63) is 18.2 Å². The van der Waals surface area contributed by atoms with Gasteiger partial charge in [0.05, 0.1) is 29.9 Å². The SMILES string of the molecule is CCOC(=O)C1CCCN(C(=O)C2CCN(c3nc4ccc(OC)cc4s3)CC2)C1. The molecular formula is C22H29N3O4S. The molecule has 0 aliphatic carbocycles. The second-order valence-corrected chi connectivity index (χ2v) is 8.98. The van der Waals surface area contributed by atoms with Crippen LogP contribution in [0.4, 0.5) is 5.13 Å². The normalized spacial score (nSPS) is 20.4. The third-order valence-electron chi connectivity index (χ3n) is 6.05. The minimum absolute atomic E-state index is 0.0247. The molecule has 1 aromatic heterocycles. The molecule has 2 fully saturated rings. The van der Waals surface area contributed by atoms with E-state index in [1.807, 2.05) is 30.0 Å². The third kappa shape index (κ3) is 4.38. The highest BCUT2D eigenvalue weighted by Crippen LogP contribution is 2.34. The number of esters is 1. The van der Waals surface area contributed by atoms with E-state index in [0.29, 0.717) is 13.2 Å². The van der Waals surface area contributed by atoms with Gasteiger partial charge in [-0.15, -0.1) is 0 Å². The number of carbonyl (C=O) groups excluding carboxylic acids is 2. The monoisotopic (exact) mass is 431 g/mol. The van der Waals surface area contributed by atoms with Gasteiger partial charge in [0.1, 0.15) is 5.75 Å². The number of anilines is 1. The van der Waals surface area contributed by atoms with Crippen LogP contribution in [-0.2, 0) is 14.3 Å². The fraction of sp³-hybridized carbons (Fsp3) is 0.591. The fourth-order valence-electron chi connectivity index (χ4n) is 4.36. The lowest BCUT2D eigenvalue weighted by molar-refractivity contribution is -0.152. The molecule has 4 rings (SSSR count). The molecule has 2 saturated heterocycles. The van der Waals surface area contributed by atoms with E-state index in [1.165, 1.54) is 0 Å². The molecular weight excluding hydrogens is 402 g/mol. The van der Waals surface area contributed by atoms with Gasteiger partial charge in [-0.1, -0.05) is 11.3 Å². The Balaban J connectivity index is 1.35. The maximum Gasteiger partial charge on any atom is 0.310 e. The van der Waals surface area contributed by atoms with E-state index in [2.05, 4.69) is 4.90 Å². The molecule has 0 bridgehead atoms. The lowest BCUT2D eigenvalue weighted by atomic mass is 9.92. The second kappa shape index (κ2) is 9.20. The number of hydrogen-bond donors (Lipinski definition) is 0. The summed E-state index contributed by atoms with van der Waals surface area (Å²) in [5.74, 6) is 0.707. The molecule has 1 unspecified atom stereocenters. The van der Waals surface area contributed by atoms with Crippen LogP contribution >= 0.6 is 11.3 Å². The van der Waals surface area contributed by atoms with Crippen LogP contribution in [0.15, 0.2) is 18.2 Å². The van der Waals surface area contributed by atoms with Gasteiger partial charge in [-0.2, -0.15) is 0 Å². The van der Waals surface area contributed by atoms with Gasteiger partial charge in [-0.3, -0.25) is 9.59 Å². The van der Waals surface area contributed by atoms with Crippen molar-refractivity contribution in [1.82, 2.24) is 9.88 Å². The summed E-state index contributed by atoms with van der Waals surface area (Å²) >= 11 is 1.67. The van der Waals surface area contributed by atoms with E-state index < -0.39 is 0 Å². The molecule has 0 spiro atoms. The molecule has 1 atom stereocenters. The number of methoxy groups -OCH3 is 1. The van der Waals surface area contributed by atoms with Gasteiger partial charge in [0.15, 0.2) is 5.13 Å². The summed E-state index contributed by atoms with van der Waals surface area (Å²) in [6, 6.07) is 5.93. The van der Waals surface area contributed by atoms with Crippen LogP contribution in [0.1, 0.15) is 32.6 Å². The van der Waals surface area contributed by atoms with Crippen LogP contribution in [0.3, 0.4) is 0 Å². The number of likely N-dealkylation sites (tertiary alicyclic amines) is 1. The third-order valence-corrected chi connectivity index (χ3v) is 7.13. The molecule has 162 valence electrons. The van der Waals surface area contributed by atoms with E-state index >= 15 is 0 Å². The summed E-state index contributed by atoms with van der Waals surface area (Å²) in [7, 11) is 1.67. The van der Waals surface area contributed by atoms with Crippen LogP contribution in [0.25, 0.3) is 10.2 Å². The Hall–Kier alpha value is -2.35. The summed E-state index contributed by atoms with van der Waals surface area (Å²) in [6.07, 6.45) is 3.31. The van der Waals surface area contributed by atoms with Gasteiger partial charge in [-0.05, 0) is 50.8 Å². The van der Waals surface area contributed by atoms with Crippen LogP contribution in [0.2, 0.25) is 0 Å². The quantitative estimate of drug-likeness (QED) is 0.677. The summed E-state index contributed by atoms with van der Waals surface area (Å²) in [6.45, 7) is 5.09. The Bertz CT molecular complexity index is 907. The smallest absolute Gasteiger partial charge is 0.310 e. The largest absolute Gasteiger partial charge is 0.497 e. The van der Waals surface area contributed by atoms with Crippen molar-refractivity contribution in [2.24, 2.45) is 11.8 Å². The van der Waals surface area contributed by atoms with Gasteiger partial charge < -0.3 is 19.3 Å². The van der Waals surface area contributed by atoms with Crippen molar-refractivity contribution < 1.29 is 19.1 Å². The van der Waals surface area contributed by atoms with Crippen molar-refractivity contribution in [2.75, 3.05) is 44.8 Å². The Labute approximate surface area is 181 Å². The zero-order valence-electron chi connectivity index (χ0n) is 17.6. The number of hydrogen-bond acceptors (Lipinski definition) is 7. The van der Waals surface area contributed by atoms with Crippen molar-refractivity contribution in [2.45, 2.75) is 32.6 Å². The van der Waals surface area contributed by atoms with Crippen LogP contribution < -0.4 is 9.64 Å². The number of piperidine rings is 2. The maximum atomic E-state index is 13.1. The first kappa shape index (κ1) is 20.9. The summed E-state index contributed by atoms with van der Waals surface area (Å²) < 4.78 is 11.6. The van der Waals surface area contributed by atoms with Gasteiger partial charge in [-0.25, -0.2) is 4.98 Å². The zero-order valence-corrected chi connectivity index (χ0v) is 18.5. The molecule has 1 amide bonds. The first-order valence-electron chi connectivity index (χ1n) is 10.7. The Morgan fingerprint density at radius 1 is 1.17 bits per heavy atom. The van der Waals surface area contributed by atoms with E-state index in [1.54, 1.807) is 18.4 Å². The van der Waals surface area contributed by atoms with Crippen molar-refractivity contribution in [1.29, 1.82) is 0 Å². The number of aromatic nitrogens is 1. The number of nitrogens with zero attached hydrogens (tertiary/aromatic N) is 3. The Kier molecular flexibility index (Phi) is 6.41. The molecule has 2 aromatic rings. The average molecular weight is 432 g/mol. The average Bonchev–Trinajstić information content (AvgIpc) is 3.22. The van der Waals surface area contributed by atoms with Crippen LogP contribution in [-0.4, -0.2) is 61.7 Å². The van der Waals surface area contributed by atoms with Crippen molar-refractivity contribution in [3.63, 3.8) is 0 Å². The molecule has 0 radical (unpaired) electrons. The predicted molar refractivity (Wildman–Crippen MR) is 117 cm³/mol. The Morgan fingerprint density at radius 3 is 2.70 bits per heavy atom. The lowest BCUT2D eigenvalue weighted by Crippen LogP contribution is -2.47. The number of fused-ring (bicyclic) bond motifs is 1. The summed E-state index contributed by atoms with van der Waals surface area (Å²) in [5, 5.41) is 1.00. The van der Waals surface area contributed by atoms with E-state index in [-0.39, 0.29) is 23.7 Å². The van der Waals surface area contributed by atoms with E-state index in [4.69, 9.17) is 14.5 Å². The second-order valence-electron chi connectivity index (χ2n) is 7.97. The number of benzene rings is 1. The molecule has 0 saturated carbocycles. The van der Waals surface area contributed by atoms with E-state index in [0.717, 1.165) is 66.4 Å². The standard InChI is InChI=1S/C22H29N3O4S/c1-3-29-21(27)16-5-4-10-25(14-16)20(26)15-8-11-24(12-9-15)22-23-18-7-6-17(28-2)13-19(18)30-22/h6-7,13,15-16H,3-5,8-12,14H2,1-2H3. The highest BCUT2D eigenvalue weighted by atomic mass is 32.1. The first-order chi connectivity index (χ1) is 14.6. The minimum atomic E-state index is -0.178. The van der Waals surface area contributed by atoms with Gasteiger partial charge in [0.25, 0.3) is 0 Å².